The molecule has 0 N–H and O–H groups in total. The number of nitrogens with zero attached hydrogens (tertiary/aromatic N) is 4. The van der Waals surface area contributed by atoms with Crippen LogP contribution in [0.15, 0.2) is 90.0 Å². The van der Waals surface area contributed by atoms with Crippen LogP contribution in [-0.2, 0) is 16.6 Å². The van der Waals surface area contributed by atoms with E-state index in [0.717, 1.165) is 21.6 Å². The number of aromatic nitrogens is 2. The van der Waals surface area contributed by atoms with E-state index in [2.05, 4.69) is 0 Å². The van der Waals surface area contributed by atoms with Crippen LogP contribution in [0.1, 0.15) is 5.56 Å². The summed E-state index contributed by atoms with van der Waals surface area (Å²) in [5.74, 6) is -0.0119. The van der Waals surface area contributed by atoms with Gasteiger partial charge in [0.2, 0.25) is 10.0 Å². The summed E-state index contributed by atoms with van der Waals surface area (Å²) in [4.78, 5) is 10.5. The number of sulfonamides is 1. The molecule has 10 heteroatoms. The van der Waals surface area contributed by atoms with Gasteiger partial charge in [-0.3, -0.25) is 10.1 Å². The number of benzene rings is 3. The molecule has 34 heavy (non-hydrogen) atoms. The van der Waals surface area contributed by atoms with E-state index in [0.29, 0.717) is 11.3 Å². The number of nitro groups is 1. The number of ether oxygens (including phenoxy) is 1. The molecule has 1 heterocycles. The van der Waals surface area contributed by atoms with Gasteiger partial charge in [0.05, 0.1) is 28.3 Å². The van der Waals surface area contributed by atoms with Crippen molar-refractivity contribution in [3.05, 3.63) is 101 Å². The van der Waals surface area contributed by atoms with Crippen molar-refractivity contribution in [1.29, 1.82) is 0 Å². The van der Waals surface area contributed by atoms with Crippen molar-refractivity contribution < 1.29 is 18.1 Å². The summed E-state index contributed by atoms with van der Waals surface area (Å²) in [7, 11) is -1.32. The monoisotopic (exact) mass is 478 g/mol. The second kappa shape index (κ2) is 9.46. The lowest BCUT2D eigenvalue weighted by Gasteiger charge is -2.17. The molecule has 0 radical (unpaired) electrons. The van der Waals surface area contributed by atoms with Gasteiger partial charge in [-0.2, -0.15) is 9.40 Å². The maximum Gasteiger partial charge on any atom is 0.312 e. The van der Waals surface area contributed by atoms with E-state index in [1.165, 1.54) is 26.3 Å². The number of hydrogen-bond acceptors (Lipinski definition) is 6. The highest BCUT2D eigenvalue weighted by Gasteiger charge is 2.27. The van der Waals surface area contributed by atoms with Crippen LogP contribution in [0.4, 0.5) is 5.69 Å². The second-order valence-corrected chi connectivity index (χ2v) is 9.55. The van der Waals surface area contributed by atoms with Crippen LogP contribution in [0.25, 0.3) is 16.9 Å². The van der Waals surface area contributed by atoms with Gasteiger partial charge >= 0.3 is 5.69 Å². The van der Waals surface area contributed by atoms with Gasteiger partial charge in [-0.05, 0) is 24.3 Å². The standard InChI is InChI=1S/C24H22N4O5S/c1-26(34(31,32)21-13-14-23(33-2)22(15-21)28(29)30)16-19-17-27(20-11-7-4-8-12-20)25-24(19)18-9-5-3-6-10-18/h3-15,17H,16H2,1-2H3. The molecule has 0 saturated carbocycles. The molecular weight excluding hydrogens is 456 g/mol. The SMILES string of the molecule is COc1ccc(S(=O)(=O)N(C)Cc2cn(-c3ccccc3)nc2-c2ccccc2)cc1[N+](=O)[O-]. The fourth-order valence-electron chi connectivity index (χ4n) is 3.56. The van der Waals surface area contributed by atoms with E-state index in [1.54, 1.807) is 10.9 Å². The molecule has 0 aliphatic rings. The van der Waals surface area contributed by atoms with Crippen molar-refractivity contribution in [2.24, 2.45) is 0 Å². The molecule has 0 saturated heterocycles. The van der Waals surface area contributed by atoms with Gasteiger partial charge in [-0.15, -0.1) is 0 Å². The lowest BCUT2D eigenvalue weighted by Crippen LogP contribution is -2.26. The molecule has 9 nitrogen and oxygen atoms in total. The topological polar surface area (TPSA) is 108 Å². The molecule has 0 amide bonds. The zero-order valence-electron chi connectivity index (χ0n) is 18.5. The molecule has 0 fully saturated rings. The fraction of sp³-hybridized carbons (Fsp3) is 0.125. The minimum Gasteiger partial charge on any atom is -0.490 e. The van der Waals surface area contributed by atoms with E-state index >= 15 is 0 Å². The third kappa shape index (κ3) is 4.54. The Morgan fingerprint density at radius 2 is 1.68 bits per heavy atom. The highest BCUT2D eigenvalue weighted by molar-refractivity contribution is 7.89. The molecule has 0 spiro atoms. The number of rotatable bonds is 8. The van der Waals surface area contributed by atoms with Gasteiger partial charge in [0.25, 0.3) is 0 Å². The van der Waals surface area contributed by atoms with Crippen LogP contribution in [0, 0.1) is 10.1 Å². The predicted octanol–water partition coefficient (Wildman–Crippen LogP) is 4.28. The number of methoxy groups -OCH3 is 1. The molecule has 4 aromatic rings. The summed E-state index contributed by atoms with van der Waals surface area (Å²) < 4.78 is 34.4. The highest BCUT2D eigenvalue weighted by atomic mass is 32.2. The Bertz CT molecular complexity index is 1420. The molecule has 4 rings (SSSR count). The number of para-hydroxylation sites is 1. The van der Waals surface area contributed by atoms with Crippen LogP contribution in [-0.4, -0.2) is 41.6 Å². The zero-order chi connectivity index (χ0) is 24.3. The lowest BCUT2D eigenvalue weighted by atomic mass is 10.1. The fourth-order valence-corrected chi connectivity index (χ4v) is 4.72. The number of hydrogen-bond donors (Lipinski definition) is 0. The van der Waals surface area contributed by atoms with E-state index < -0.39 is 20.6 Å². The second-order valence-electron chi connectivity index (χ2n) is 7.50. The van der Waals surface area contributed by atoms with Crippen LogP contribution in [0.2, 0.25) is 0 Å². The molecule has 0 atom stereocenters. The van der Waals surface area contributed by atoms with E-state index in [1.807, 2.05) is 60.7 Å². The van der Waals surface area contributed by atoms with Gasteiger partial charge in [-0.1, -0.05) is 48.5 Å². The van der Waals surface area contributed by atoms with Crippen molar-refractivity contribution in [3.63, 3.8) is 0 Å². The van der Waals surface area contributed by atoms with E-state index in [4.69, 9.17) is 9.84 Å². The number of nitro benzene ring substituents is 1. The first-order valence-corrected chi connectivity index (χ1v) is 11.7. The molecule has 174 valence electrons. The zero-order valence-corrected chi connectivity index (χ0v) is 19.3. The normalized spacial score (nSPS) is 11.5. The lowest BCUT2D eigenvalue weighted by molar-refractivity contribution is -0.386. The van der Waals surface area contributed by atoms with Crippen molar-refractivity contribution in [1.82, 2.24) is 14.1 Å². The molecule has 0 aliphatic carbocycles. The van der Waals surface area contributed by atoms with Crippen molar-refractivity contribution in [2.45, 2.75) is 11.4 Å². The summed E-state index contributed by atoms with van der Waals surface area (Å²) >= 11 is 0. The van der Waals surface area contributed by atoms with Gasteiger partial charge in [0, 0.05) is 37.0 Å². The Labute approximate surface area is 197 Å². The Kier molecular flexibility index (Phi) is 6.44. The van der Waals surface area contributed by atoms with Crippen molar-refractivity contribution in [2.75, 3.05) is 14.2 Å². The third-order valence-electron chi connectivity index (χ3n) is 5.31. The van der Waals surface area contributed by atoms with Gasteiger partial charge in [0.1, 0.15) is 0 Å². The third-order valence-corrected chi connectivity index (χ3v) is 7.11. The van der Waals surface area contributed by atoms with Crippen LogP contribution in [0.5, 0.6) is 5.75 Å². The Hall–Kier alpha value is -4.02. The summed E-state index contributed by atoms with van der Waals surface area (Å²) in [6, 6.07) is 22.6. The first-order chi connectivity index (χ1) is 16.3. The summed E-state index contributed by atoms with van der Waals surface area (Å²) in [5, 5.41) is 16.1. The summed E-state index contributed by atoms with van der Waals surface area (Å²) in [6.07, 6.45) is 1.79. The predicted molar refractivity (Wildman–Crippen MR) is 127 cm³/mol. The minimum absolute atomic E-state index is 0.0119. The minimum atomic E-state index is -4.04. The summed E-state index contributed by atoms with van der Waals surface area (Å²) in [5.41, 5.74) is 2.59. The maximum absolute atomic E-state index is 13.3. The average molecular weight is 479 g/mol. The van der Waals surface area contributed by atoms with Crippen LogP contribution < -0.4 is 4.74 Å². The molecule has 1 aromatic heterocycles. The Morgan fingerprint density at radius 1 is 1.03 bits per heavy atom. The van der Waals surface area contributed by atoms with Gasteiger partial charge in [-0.25, -0.2) is 13.1 Å². The quantitative estimate of drug-likeness (QED) is 0.276. The van der Waals surface area contributed by atoms with Crippen molar-refractivity contribution in [3.8, 4) is 22.7 Å². The molecule has 3 aromatic carbocycles. The average Bonchev–Trinajstić information content (AvgIpc) is 3.28. The van der Waals surface area contributed by atoms with Gasteiger partial charge < -0.3 is 4.74 Å². The largest absolute Gasteiger partial charge is 0.490 e. The first-order valence-electron chi connectivity index (χ1n) is 10.3. The van der Waals surface area contributed by atoms with E-state index in [-0.39, 0.29) is 17.2 Å². The molecule has 0 aliphatic heterocycles. The van der Waals surface area contributed by atoms with Crippen LogP contribution >= 0.6 is 0 Å². The van der Waals surface area contributed by atoms with Crippen molar-refractivity contribution >= 4 is 15.7 Å². The first kappa shape index (κ1) is 23.1. The maximum atomic E-state index is 13.3. The Morgan fingerprint density at radius 3 is 2.29 bits per heavy atom. The van der Waals surface area contributed by atoms with Gasteiger partial charge in [0.15, 0.2) is 5.75 Å². The Balaban J connectivity index is 1.72. The highest BCUT2D eigenvalue weighted by Crippen LogP contribution is 2.31. The molecule has 0 unspecified atom stereocenters. The smallest absolute Gasteiger partial charge is 0.312 e. The molecule has 0 bridgehead atoms. The van der Waals surface area contributed by atoms with Crippen LogP contribution in [0.3, 0.4) is 0 Å². The van der Waals surface area contributed by atoms with E-state index in [9.17, 15) is 18.5 Å². The summed E-state index contributed by atoms with van der Waals surface area (Å²) in [6.45, 7) is 0.0131. The molecular formula is C24H22N4O5S.